The molecule has 0 spiro atoms. The molecule has 0 aromatic heterocycles. The van der Waals surface area contributed by atoms with Crippen LogP contribution >= 0.6 is 0 Å². The second-order valence-electron chi connectivity index (χ2n) is 5.93. The number of carbonyl (C=O) groups is 2. The van der Waals surface area contributed by atoms with Gasteiger partial charge in [-0.1, -0.05) is 0 Å². The van der Waals surface area contributed by atoms with E-state index < -0.39 is 5.41 Å². The van der Waals surface area contributed by atoms with Gasteiger partial charge in [-0.25, -0.2) is 0 Å². The Kier molecular flexibility index (Phi) is 2.96. The largest absolute Gasteiger partial charge is 0.339 e. The number of likely N-dealkylation sites (tertiary alicyclic amines) is 2. The van der Waals surface area contributed by atoms with Crippen LogP contribution < -0.4 is 0 Å². The maximum atomic E-state index is 12.4. The third kappa shape index (κ3) is 1.90. The summed E-state index contributed by atoms with van der Waals surface area (Å²) in [6, 6.07) is 2.39. The number of rotatable bonds is 2. The van der Waals surface area contributed by atoms with Crippen LogP contribution in [0.4, 0.5) is 0 Å². The quantitative estimate of drug-likeness (QED) is 0.742. The lowest BCUT2D eigenvalue weighted by atomic mass is 9.69. The van der Waals surface area contributed by atoms with Crippen molar-refractivity contribution >= 4 is 11.8 Å². The highest BCUT2D eigenvalue weighted by molar-refractivity contribution is 5.87. The van der Waals surface area contributed by atoms with Crippen molar-refractivity contribution in [1.29, 1.82) is 5.26 Å². The Labute approximate surface area is 113 Å². The standard InChI is InChI=1S/C14H19N3O2/c15-10-14(5-2-6-14)13(19)16-8-4-11(9-16)17-7-1-3-12(17)18/h11H,1-9H2. The van der Waals surface area contributed by atoms with Crippen LogP contribution in [0.5, 0.6) is 0 Å². The van der Waals surface area contributed by atoms with Crippen molar-refractivity contribution in [1.82, 2.24) is 9.80 Å². The molecule has 5 heteroatoms. The lowest BCUT2D eigenvalue weighted by molar-refractivity contribution is -0.142. The molecule has 0 aromatic carbocycles. The molecule has 0 N–H and O–H groups in total. The minimum absolute atomic E-state index is 0.00426. The van der Waals surface area contributed by atoms with E-state index in [4.69, 9.17) is 0 Å². The summed E-state index contributed by atoms with van der Waals surface area (Å²) in [7, 11) is 0. The summed E-state index contributed by atoms with van der Waals surface area (Å²) in [5.74, 6) is 0.216. The first-order chi connectivity index (χ1) is 9.16. The van der Waals surface area contributed by atoms with E-state index in [1.165, 1.54) is 0 Å². The van der Waals surface area contributed by atoms with Crippen LogP contribution in [0, 0.1) is 16.7 Å². The highest BCUT2D eigenvalue weighted by atomic mass is 16.2. The Hall–Kier alpha value is -1.57. The van der Waals surface area contributed by atoms with Gasteiger partial charge in [0.05, 0.1) is 12.1 Å². The first kappa shape index (κ1) is 12.5. The molecule has 2 heterocycles. The maximum absolute atomic E-state index is 12.4. The average molecular weight is 261 g/mol. The molecule has 1 unspecified atom stereocenters. The first-order valence-corrected chi connectivity index (χ1v) is 7.16. The number of hydrogen-bond acceptors (Lipinski definition) is 3. The van der Waals surface area contributed by atoms with Crippen LogP contribution in [0.1, 0.15) is 38.5 Å². The Morgan fingerprint density at radius 1 is 1.32 bits per heavy atom. The topological polar surface area (TPSA) is 64.4 Å². The normalized spacial score (nSPS) is 29.2. The SMILES string of the molecule is N#CC1(C(=O)N2CCC(N3CCCC3=O)C2)CCC1. The highest BCUT2D eigenvalue weighted by Crippen LogP contribution is 2.42. The molecule has 1 saturated carbocycles. The minimum Gasteiger partial charge on any atom is -0.339 e. The highest BCUT2D eigenvalue weighted by Gasteiger charge is 2.48. The molecule has 3 rings (SSSR count). The van der Waals surface area contributed by atoms with E-state index in [1.54, 1.807) is 4.90 Å². The van der Waals surface area contributed by atoms with Crippen molar-refractivity contribution < 1.29 is 9.59 Å². The van der Waals surface area contributed by atoms with E-state index in [9.17, 15) is 14.9 Å². The van der Waals surface area contributed by atoms with Crippen molar-refractivity contribution in [3.05, 3.63) is 0 Å². The van der Waals surface area contributed by atoms with Crippen LogP contribution in [0.25, 0.3) is 0 Å². The van der Waals surface area contributed by atoms with Crippen molar-refractivity contribution in [3.63, 3.8) is 0 Å². The second-order valence-corrected chi connectivity index (χ2v) is 5.93. The fourth-order valence-electron chi connectivity index (χ4n) is 3.44. The summed E-state index contributed by atoms with van der Waals surface area (Å²) in [6.07, 6.45) is 4.82. The van der Waals surface area contributed by atoms with E-state index in [0.717, 1.165) is 25.8 Å². The number of nitriles is 1. The molecule has 5 nitrogen and oxygen atoms in total. The second kappa shape index (κ2) is 4.52. The van der Waals surface area contributed by atoms with E-state index in [-0.39, 0.29) is 17.9 Å². The van der Waals surface area contributed by atoms with Gasteiger partial charge in [0.15, 0.2) is 0 Å². The van der Waals surface area contributed by atoms with Gasteiger partial charge in [-0.3, -0.25) is 9.59 Å². The van der Waals surface area contributed by atoms with Gasteiger partial charge in [0, 0.05) is 26.1 Å². The molecule has 1 atom stereocenters. The third-order valence-electron chi connectivity index (χ3n) is 4.83. The summed E-state index contributed by atoms with van der Waals surface area (Å²) >= 11 is 0. The van der Waals surface area contributed by atoms with Crippen LogP contribution in [0.3, 0.4) is 0 Å². The Morgan fingerprint density at radius 2 is 2.11 bits per heavy atom. The molecular formula is C14H19N3O2. The zero-order valence-electron chi connectivity index (χ0n) is 11.1. The van der Waals surface area contributed by atoms with E-state index in [0.29, 0.717) is 32.4 Å². The lowest BCUT2D eigenvalue weighted by Gasteiger charge is -2.37. The Bertz CT molecular complexity index is 450. The maximum Gasteiger partial charge on any atom is 0.243 e. The van der Waals surface area contributed by atoms with Crippen LogP contribution in [0.15, 0.2) is 0 Å². The van der Waals surface area contributed by atoms with E-state index in [1.807, 2.05) is 4.90 Å². The molecule has 2 amide bonds. The van der Waals surface area contributed by atoms with Crippen LogP contribution in [0.2, 0.25) is 0 Å². The molecular weight excluding hydrogens is 242 g/mol. The van der Waals surface area contributed by atoms with Crippen LogP contribution in [-0.2, 0) is 9.59 Å². The smallest absolute Gasteiger partial charge is 0.243 e. The molecule has 3 aliphatic rings. The van der Waals surface area contributed by atoms with Gasteiger partial charge >= 0.3 is 0 Å². The van der Waals surface area contributed by atoms with Crippen LogP contribution in [-0.4, -0.2) is 47.3 Å². The number of amides is 2. The van der Waals surface area contributed by atoms with Gasteiger partial charge in [0.1, 0.15) is 5.41 Å². The fraction of sp³-hybridized carbons (Fsp3) is 0.786. The van der Waals surface area contributed by atoms with E-state index in [2.05, 4.69) is 6.07 Å². The molecule has 0 bridgehead atoms. The van der Waals surface area contributed by atoms with Gasteiger partial charge in [0.25, 0.3) is 0 Å². The summed E-state index contributed by atoms with van der Waals surface area (Å²) in [4.78, 5) is 27.9. The molecule has 19 heavy (non-hydrogen) atoms. The molecule has 0 aromatic rings. The summed E-state index contributed by atoms with van der Waals surface area (Å²) in [5, 5.41) is 9.22. The van der Waals surface area contributed by atoms with Crippen molar-refractivity contribution in [3.8, 4) is 6.07 Å². The van der Waals surface area contributed by atoms with Gasteiger partial charge < -0.3 is 9.80 Å². The molecule has 102 valence electrons. The van der Waals surface area contributed by atoms with E-state index >= 15 is 0 Å². The number of hydrogen-bond donors (Lipinski definition) is 0. The predicted octanol–water partition coefficient (Wildman–Crippen LogP) is 0.904. The third-order valence-corrected chi connectivity index (χ3v) is 4.83. The van der Waals surface area contributed by atoms with Crippen molar-refractivity contribution in [2.24, 2.45) is 5.41 Å². The van der Waals surface area contributed by atoms with Crippen molar-refractivity contribution in [2.45, 2.75) is 44.6 Å². The monoisotopic (exact) mass is 261 g/mol. The molecule has 1 aliphatic carbocycles. The number of nitrogens with zero attached hydrogens (tertiary/aromatic N) is 3. The van der Waals surface area contributed by atoms with Gasteiger partial charge in [-0.15, -0.1) is 0 Å². The van der Waals surface area contributed by atoms with Crippen molar-refractivity contribution in [2.75, 3.05) is 19.6 Å². The summed E-state index contributed by atoms with van der Waals surface area (Å²) in [6.45, 7) is 2.14. The minimum atomic E-state index is -0.746. The molecule has 2 aliphatic heterocycles. The Balaban J connectivity index is 1.64. The summed E-state index contributed by atoms with van der Waals surface area (Å²) in [5.41, 5.74) is -0.746. The Morgan fingerprint density at radius 3 is 2.63 bits per heavy atom. The zero-order valence-corrected chi connectivity index (χ0v) is 11.1. The van der Waals surface area contributed by atoms with Gasteiger partial charge in [-0.05, 0) is 32.1 Å². The first-order valence-electron chi connectivity index (χ1n) is 7.16. The fourth-order valence-corrected chi connectivity index (χ4v) is 3.44. The average Bonchev–Trinajstić information content (AvgIpc) is 2.96. The molecule has 0 radical (unpaired) electrons. The molecule has 2 saturated heterocycles. The molecule has 3 fully saturated rings. The predicted molar refractivity (Wildman–Crippen MR) is 67.8 cm³/mol. The van der Waals surface area contributed by atoms with Gasteiger partial charge in [-0.2, -0.15) is 5.26 Å². The zero-order chi connectivity index (χ0) is 13.5. The number of carbonyl (C=O) groups excluding carboxylic acids is 2. The lowest BCUT2D eigenvalue weighted by Crippen LogP contribution is -2.47. The van der Waals surface area contributed by atoms with Gasteiger partial charge in [0.2, 0.25) is 11.8 Å². The summed E-state index contributed by atoms with van der Waals surface area (Å²) < 4.78 is 0.